The van der Waals surface area contributed by atoms with Crippen LogP contribution in [0, 0.1) is 0 Å². The number of nitrogens with one attached hydrogen (secondary N) is 1. The van der Waals surface area contributed by atoms with Crippen molar-refractivity contribution in [1.82, 2.24) is 30.3 Å². The van der Waals surface area contributed by atoms with Gasteiger partial charge in [0, 0.05) is 43.9 Å². The maximum Gasteiger partial charge on any atom is 0.230 e. The van der Waals surface area contributed by atoms with Gasteiger partial charge in [-0.25, -0.2) is 4.98 Å². The summed E-state index contributed by atoms with van der Waals surface area (Å²) in [6.07, 6.45) is 13.4. The summed E-state index contributed by atoms with van der Waals surface area (Å²) in [5.41, 5.74) is 0.606. The summed E-state index contributed by atoms with van der Waals surface area (Å²) >= 11 is 0. The average Bonchev–Trinajstić information content (AvgIpc) is 3.41. The summed E-state index contributed by atoms with van der Waals surface area (Å²) in [6, 6.07) is 0.638. The Labute approximate surface area is 165 Å². The highest BCUT2D eigenvalue weighted by atomic mass is 16.5. The Balaban J connectivity index is 1.45. The molecule has 2 aromatic heterocycles. The maximum absolute atomic E-state index is 12.2. The molecule has 2 aliphatic rings. The molecule has 28 heavy (non-hydrogen) atoms. The van der Waals surface area contributed by atoms with Crippen molar-refractivity contribution in [3.8, 4) is 11.5 Å². The van der Waals surface area contributed by atoms with Crippen LogP contribution in [0.4, 0.5) is 0 Å². The Kier molecular flexibility index (Phi) is 6.26. The minimum Gasteiger partial charge on any atom is -0.356 e. The molecule has 1 amide bonds. The molecule has 8 nitrogen and oxygen atoms in total. The quantitative estimate of drug-likeness (QED) is 0.868. The van der Waals surface area contributed by atoms with E-state index in [1.54, 1.807) is 18.6 Å². The van der Waals surface area contributed by atoms with E-state index in [9.17, 15) is 4.79 Å². The third-order valence-corrected chi connectivity index (χ3v) is 5.86. The summed E-state index contributed by atoms with van der Waals surface area (Å²) in [7, 11) is 0. The van der Waals surface area contributed by atoms with Crippen LogP contribution in [-0.4, -0.2) is 56.6 Å². The number of hydrogen-bond donors (Lipinski definition) is 1. The summed E-state index contributed by atoms with van der Waals surface area (Å²) in [4.78, 5) is 27.6. The number of aromatic nitrogens is 4. The van der Waals surface area contributed by atoms with E-state index < -0.39 is 0 Å². The number of carbonyl (C=O) groups excluding carboxylic acids is 1. The van der Waals surface area contributed by atoms with Gasteiger partial charge in [0.2, 0.25) is 17.6 Å². The summed E-state index contributed by atoms with van der Waals surface area (Å²) < 4.78 is 5.56. The van der Waals surface area contributed by atoms with Crippen LogP contribution in [0.15, 0.2) is 23.1 Å². The normalized spacial score (nSPS) is 23.3. The molecule has 1 unspecified atom stereocenters. The fourth-order valence-corrected chi connectivity index (χ4v) is 4.32. The number of rotatable bonds is 3. The molecule has 4 rings (SSSR count). The predicted octanol–water partition coefficient (Wildman–Crippen LogP) is 2.54. The Morgan fingerprint density at radius 3 is 2.79 bits per heavy atom. The van der Waals surface area contributed by atoms with Crippen molar-refractivity contribution in [1.29, 1.82) is 0 Å². The van der Waals surface area contributed by atoms with Crippen molar-refractivity contribution in [3.05, 3.63) is 24.5 Å². The lowest BCUT2D eigenvalue weighted by atomic mass is 9.98. The Hall–Kier alpha value is -2.35. The van der Waals surface area contributed by atoms with Crippen LogP contribution in [0.5, 0.6) is 0 Å². The number of carbonyl (C=O) groups is 1. The van der Waals surface area contributed by atoms with Crippen molar-refractivity contribution in [3.63, 3.8) is 0 Å². The van der Waals surface area contributed by atoms with Gasteiger partial charge in [-0.1, -0.05) is 18.0 Å². The molecule has 1 atom stereocenters. The van der Waals surface area contributed by atoms with Crippen LogP contribution in [0.2, 0.25) is 0 Å². The molecule has 1 N–H and O–H groups in total. The predicted molar refractivity (Wildman–Crippen MR) is 103 cm³/mol. The van der Waals surface area contributed by atoms with Gasteiger partial charge < -0.3 is 9.84 Å². The molecule has 1 aliphatic carbocycles. The van der Waals surface area contributed by atoms with E-state index in [1.807, 2.05) is 0 Å². The molecular weight excluding hydrogens is 356 g/mol. The number of amides is 1. The molecule has 1 saturated carbocycles. The van der Waals surface area contributed by atoms with E-state index in [2.05, 4.69) is 30.3 Å². The van der Waals surface area contributed by atoms with Crippen molar-refractivity contribution < 1.29 is 9.32 Å². The van der Waals surface area contributed by atoms with E-state index >= 15 is 0 Å². The lowest BCUT2D eigenvalue weighted by Gasteiger charge is -2.28. The number of nitrogens with zero attached hydrogens (tertiary/aromatic N) is 5. The Morgan fingerprint density at radius 2 is 1.96 bits per heavy atom. The van der Waals surface area contributed by atoms with Crippen LogP contribution < -0.4 is 5.32 Å². The van der Waals surface area contributed by atoms with E-state index in [0.717, 1.165) is 32.4 Å². The van der Waals surface area contributed by atoms with Gasteiger partial charge in [-0.3, -0.25) is 14.7 Å². The van der Waals surface area contributed by atoms with Gasteiger partial charge in [0.05, 0.1) is 6.20 Å². The first-order chi connectivity index (χ1) is 13.8. The van der Waals surface area contributed by atoms with Crippen molar-refractivity contribution in [2.45, 2.75) is 63.3 Å². The summed E-state index contributed by atoms with van der Waals surface area (Å²) in [5.74, 6) is 1.37. The monoisotopic (exact) mass is 384 g/mol. The summed E-state index contributed by atoms with van der Waals surface area (Å²) in [5, 5.41) is 7.13. The Bertz CT molecular complexity index is 759. The Morgan fingerprint density at radius 1 is 1.07 bits per heavy atom. The van der Waals surface area contributed by atoms with Gasteiger partial charge in [-0.2, -0.15) is 4.98 Å². The second kappa shape index (κ2) is 9.23. The topological polar surface area (TPSA) is 97.0 Å². The highest BCUT2D eigenvalue weighted by molar-refractivity contribution is 5.76. The van der Waals surface area contributed by atoms with E-state index in [0.29, 0.717) is 36.4 Å². The lowest BCUT2D eigenvalue weighted by molar-refractivity contribution is -0.121. The molecular formula is C20H28N6O2. The fraction of sp³-hybridized carbons (Fsp3) is 0.650. The highest BCUT2D eigenvalue weighted by Gasteiger charge is 2.25. The van der Waals surface area contributed by atoms with Gasteiger partial charge in [0.25, 0.3) is 0 Å². The van der Waals surface area contributed by atoms with Gasteiger partial charge in [0.1, 0.15) is 5.69 Å². The van der Waals surface area contributed by atoms with Crippen molar-refractivity contribution in [2.75, 3.05) is 19.6 Å². The molecule has 0 aromatic carbocycles. The molecule has 2 aromatic rings. The largest absolute Gasteiger partial charge is 0.356 e. The maximum atomic E-state index is 12.2. The molecule has 3 heterocycles. The molecule has 2 fully saturated rings. The van der Waals surface area contributed by atoms with Gasteiger partial charge in [-0.15, -0.1) is 0 Å². The van der Waals surface area contributed by atoms with Crippen LogP contribution >= 0.6 is 0 Å². The van der Waals surface area contributed by atoms with Crippen molar-refractivity contribution >= 4 is 5.91 Å². The van der Waals surface area contributed by atoms with Crippen LogP contribution in [0.3, 0.4) is 0 Å². The molecule has 150 valence electrons. The van der Waals surface area contributed by atoms with Crippen LogP contribution in [-0.2, 0) is 4.79 Å². The zero-order valence-electron chi connectivity index (χ0n) is 16.2. The van der Waals surface area contributed by atoms with Gasteiger partial charge >= 0.3 is 0 Å². The van der Waals surface area contributed by atoms with Crippen molar-refractivity contribution in [2.24, 2.45) is 0 Å². The number of hydrogen-bond acceptors (Lipinski definition) is 7. The minimum atomic E-state index is 0.134. The van der Waals surface area contributed by atoms with E-state index in [-0.39, 0.29) is 11.8 Å². The lowest BCUT2D eigenvalue weighted by Crippen LogP contribution is -2.37. The second-order valence-electron chi connectivity index (χ2n) is 7.75. The zero-order chi connectivity index (χ0) is 19.2. The second-order valence-corrected chi connectivity index (χ2v) is 7.75. The minimum absolute atomic E-state index is 0.134. The fourth-order valence-electron chi connectivity index (χ4n) is 4.32. The first kappa shape index (κ1) is 19.0. The highest BCUT2D eigenvalue weighted by Crippen LogP contribution is 2.28. The van der Waals surface area contributed by atoms with Crippen LogP contribution in [0.1, 0.15) is 63.2 Å². The molecule has 0 radical (unpaired) electrons. The molecule has 1 saturated heterocycles. The molecule has 0 spiro atoms. The third-order valence-electron chi connectivity index (χ3n) is 5.86. The molecule has 1 aliphatic heterocycles. The SMILES string of the molecule is O=C1CCN(C2CCCC2)CCCC(c2nc(-c3cnccn3)no2)CCN1. The van der Waals surface area contributed by atoms with Crippen LogP contribution in [0.25, 0.3) is 11.5 Å². The zero-order valence-corrected chi connectivity index (χ0v) is 16.2. The third kappa shape index (κ3) is 4.73. The smallest absolute Gasteiger partial charge is 0.230 e. The average molecular weight is 384 g/mol. The summed E-state index contributed by atoms with van der Waals surface area (Å²) in [6.45, 7) is 2.52. The van der Waals surface area contributed by atoms with Gasteiger partial charge in [0.15, 0.2) is 0 Å². The van der Waals surface area contributed by atoms with E-state index in [1.165, 1.54) is 25.7 Å². The molecule has 0 bridgehead atoms. The standard InChI is InChI=1S/C20H28N6O2/c27-18-8-13-26(16-5-1-2-6-16)12-3-4-15(7-9-23-18)20-24-19(25-28-20)17-14-21-10-11-22-17/h10-11,14-16H,1-9,12-13H2,(H,23,27). The molecule has 8 heteroatoms. The van der Waals surface area contributed by atoms with E-state index in [4.69, 9.17) is 4.52 Å². The first-order valence-corrected chi connectivity index (χ1v) is 10.4. The first-order valence-electron chi connectivity index (χ1n) is 10.4. The van der Waals surface area contributed by atoms with Gasteiger partial charge in [-0.05, 0) is 38.6 Å².